The summed E-state index contributed by atoms with van der Waals surface area (Å²) in [5.74, 6) is 0.187. The summed E-state index contributed by atoms with van der Waals surface area (Å²) < 4.78 is 12.2. The fourth-order valence-corrected chi connectivity index (χ4v) is 2.93. The molecule has 3 rings (SSSR count). The Labute approximate surface area is 129 Å². The Morgan fingerprint density at radius 2 is 2.23 bits per heavy atom. The quantitative estimate of drug-likeness (QED) is 0.799. The van der Waals surface area contributed by atoms with Gasteiger partial charge < -0.3 is 9.26 Å². The summed E-state index contributed by atoms with van der Waals surface area (Å²) in [6.45, 7) is 1.64. The number of nitrogens with one attached hydrogen (secondary N) is 1. The molecule has 1 N–H and O–H groups in total. The molecular formula is C14H13N3O4S. The maximum Gasteiger partial charge on any atom is 0.370 e. The average molecular weight is 319 g/mol. The zero-order valence-corrected chi connectivity index (χ0v) is 13.0. The van der Waals surface area contributed by atoms with Gasteiger partial charge in [0.1, 0.15) is 11.3 Å². The van der Waals surface area contributed by atoms with E-state index in [4.69, 9.17) is 9.26 Å². The van der Waals surface area contributed by atoms with Crippen molar-refractivity contribution in [2.45, 2.75) is 6.92 Å². The molecule has 0 spiro atoms. The van der Waals surface area contributed by atoms with Crippen molar-refractivity contribution in [3.05, 3.63) is 39.9 Å². The second-order valence-corrected chi connectivity index (χ2v) is 5.67. The number of carbonyl (C=O) groups excluding carboxylic acids is 1. The van der Waals surface area contributed by atoms with Gasteiger partial charge in [-0.1, -0.05) is 11.3 Å². The van der Waals surface area contributed by atoms with Crippen molar-refractivity contribution >= 4 is 32.6 Å². The van der Waals surface area contributed by atoms with E-state index in [1.807, 2.05) is 12.1 Å². The third kappa shape index (κ3) is 2.37. The van der Waals surface area contributed by atoms with E-state index in [0.29, 0.717) is 16.6 Å². The molecule has 0 fully saturated rings. The van der Waals surface area contributed by atoms with Crippen LogP contribution in [0.2, 0.25) is 0 Å². The van der Waals surface area contributed by atoms with Crippen molar-refractivity contribution in [2.75, 3.05) is 12.4 Å². The first-order chi connectivity index (χ1) is 10.5. The highest BCUT2D eigenvalue weighted by molar-refractivity contribution is 7.22. The Kier molecular flexibility index (Phi) is 3.45. The summed E-state index contributed by atoms with van der Waals surface area (Å²) in [6, 6.07) is 5.44. The van der Waals surface area contributed by atoms with Gasteiger partial charge in [0.05, 0.1) is 23.0 Å². The van der Waals surface area contributed by atoms with Gasteiger partial charge in [0.15, 0.2) is 5.13 Å². The van der Waals surface area contributed by atoms with Gasteiger partial charge >= 0.3 is 5.63 Å². The van der Waals surface area contributed by atoms with E-state index in [-0.39, 0.29) is 5.56 Å². The third-order valence-electron chi connectivity index (χ3n) is 3.30. The summed E-state index contributed by atoms with van der Waals surface area (Å²) in [5, 5.41) is 3.05. The molecule has 0 radical (unpaired) electrons. The SMILES string of the molecule is COc1ccc2nc(NC(=O)c3c(C)n(C)oc3=O)sc2c1. The lowest BCUT2D eigenvalue weighted by molar-refractivity contribution is 0.102. The number of hydrogen-bond acceptors (Lipinski definition) is 6. The third-order valence-corrected chi connectivity index (χ3v) is 4.23. The van der Waals surface area contributed by atoms with Gasteiger partial charge in [-0.25, -0.2) is 14.5 Å². The molecule has 8 heteroatoms. The minimum absolute atomic E-state index is 0.0145. The van der Waals surface area contributed by atoms with Crippen LogP contribution in [0.25, 0.3) is 10.2 Å². The molecule has 1 aromatic carbocycles. The zero-order valence-electron chi connectivity index (χ0n) is 12.2. The number of benzene rings is 1. The highest BCUT2D eigenvalue weighted by atomic mass is 32.1. The largest absolute Gasteiger partial charge is 0.497 e. The van der Waals surface area contributed by atoms with Gasteiger partial charge in [0.2, 0.25) is 0 Å². The highest BCUT2D eigenvalue weighted by Gasteiger charge is 2.20. The Morgan fingerprint density at radius 3 is 2.86 bits per heavy atom. The normalized spacial score (nSPS) is 10.9. The second-order valence-electron chi connectivity index (χ2n) is 4.64. The Hall–Kier alpha value is -2.61. The molecule has 2 heterocycles. The van der Waals surface area contributed by atoms with Crippen LogP contribution >= 0.6 is 11.3 Å². The van der Waals surface area contributed by atoms with Crippen molar-refractivity contribution in [3.8, 4) is 5.75 Å². The lowest BCUT2D eigenvalue weighted by Crippen LogP contribution is -2.19. The molecule has 3 aromatic rings. The summed E-state index contributed by atoms with van der Waals surface area (Å²) >= 11 is 1.31. The van der Waals surface area contributed by atoms with E-state index >= 15 is 0 Å². The highest BCUT2D eigenvalue weighted by Crippen LogP contribution is 2.29. The molecular weight excluding hydrogens is 306 g/mol. The predicted octanol–water partition coefficient (Wildman–Crippen LogP) is 2.16. The minimum Gasteiger partial charge on any atom is -0.497 e. The van der Waals surface area contributed by atoms with Gasteiger partial charge in [-0.3, -0.25) is 10.1 Å². The number of amides is 1. The predicted molar refractivity (Wildman–Crippen MR) is 82.8 cm³/mol. The average Bonchev–Trinajstić information content (AvgIpc) is 2.98. The van der Waals surface area contributed by atoms with Crippen LogP contribution in [-0.4, -0.2) is 22.7 Å². The summed E-state index contributed by atoms with van der Waals surface area (Å²) in [6.07, 6.45) is 0. The molecule has 1 amide bonds. The zero-order chi connectivity index (χ0) is 15.9. The first-order valence-corrected chi connectivity index (χ1v) is 7.24. The molecule has 0 unspecified atom stereocenters. The fraction of sp³-hybridized carbons (Fsp3) is 0.214. The van der Waals surface area contributed by atoms with Crippen LogP contribution in [0.5, 0.6) is 5.75 Å². The monoisotopic (exact) mass is 319 g/mol. The van der Waals surface area contributed by atoms with E-state index in [1.54, 1.807) is 27.1 Å². The van der Waals surface area contributed by atoms with Gasteiger partial charge in [-0.15, -0.1) is 0 Å². The topological polar surface area (TPSA) is 86.4 Å². The number of fused-ring (bicyclic) bond motifs is 1. The Balaban J connectivity index is 1.92. The van der Waals surface area contributed by atoms with E-state index in [0.717, 1.165) is 10.2 Å². The fourth-order valence-electron chi connectivity index (χ4n) is 2.05. The number of methoxy groups -OCH3 is 1. The number of aryl methyl sites for hydroxylation is 1. The number of aromatic nitrogens is 2. The molecule has 0 saturated heterocycles. The molecule has 7 nitrogen and oxygen atoms in total. The van der Waals surface area contributed by atoms with Crippen LogP contribution in [0.15, 0.2) is 27.5 Å². The Morgan fingerprint density at radius 1 is 1.45 bits per heavy atom. The van der Waals surface area contributed by atoms with Crippen LogP contribution in [-0.2, 0) is 7.05 Å². The van der Waals surface area contributed by atoms with Crippen molar-refractivity contribution in [1.82, 2.24) is 9.72 Å². The number of rotatable bonds is 3. The lowest BCUT2D eigenvalue weighted by Gasteiger charge is -1.98. The first-order valence-electron chi connectivity index (χ1n) is 6.42. The van der Waals surface area contributed by atoms with Crippen LogP contribution < -0.4 is 15.7 Å². The molecule has 0 aliphatic carbocycles. The molecule has 0 saturated carbocycles. The molecule has 114 valence electrons. The maximum absolute atomic E-state index is 12.2. The molecule has 22 heavy (non-hydrogen) atoms. The van der Waals surface area contributed by atoms with Gasteiger partial charge in [-0.05, 0) is 25.1 Å². The van der Waals surface area contributed by atoms with E-state index < -0.39 is 11.5 Å². The number of nitrogens with zero attached hydrogens (tertiary/aromatic N) is 2. The van der Waals surface area contributed by atoms with E-state index in [2.05, 4.69) is 10.3 Å². The van der Waals surface area contributed by atoms with Crippen LogP contribution in [0.3, 0.4) is 0 Å². The summed E-state index contributed by atoms with van der Waals surface area (Å²) in [7, 11) is 3.15. The number of ether oxygens (including phenoxy) is 1. The molecule has 0 aliphatic heterocycles. The first kappa shape index (κ1) is 14.3. The van der Waals surface area contributed by atoms with Crippen molar-refractivity contribution in [3.63, 3.8) is 0 Å². The summed E-state index contributed by atoms with van der Waals surface area (Å²) in [5.41, 5.74) is 0.530. The van der Waals surface area contributed by atoms with Crippen molar-refractivity contribution < 1.29 is 14.1 Å². The second kappa shape index (κ2) is 5.30. The number of hydrogen-bond donors (Lipinski definition) is 1. The van der Waals surface area contributed by atoms with E-state index in [9.17, 15) is 9.59 Å². The summed E-state index contributed by atoms with van der Waals surface area (Å²) in [4.78, 5) is 28.2. The molecule has 0 aliphatic rings. The molecule has 0 atom stereocenters. The lowest BCUT2D eigenvalue weighted by atomic mass is 10.2. The van der Waals surface area contributed by atoms with Crippen LogP contribution in [0, 0.1) is 6.92 Å². The van der Waals surface area contributed by atoms with E-state index in [1.165, 1.54) is 16.1 Å². The standard InChI is InChI=1S/C14H13N3O4S/c1-7-11(13(19)21-17(7)2)12(18)16-14-15-9-5-4-8(20-3)6-10(9)22-14/h4-6H,1-3H3,(H,15,16,18). The minimum atomic E-state index is -0.666. The number of thiazole rings is 1. The molecule has 2 aromatic heterocycles. The Bertz CT molecular complexity index is 922. The van der Waals surface area contributed by atoms with Gasteiger partial charge in [-0.2, -0.15) is 0 Å². The molecule has 0 bridgehead atoms. The number of carbonyl (C=O) groups is 1. The van der Waals surface area contributed by atoms with Gasteiger partial charge in [0.25, 0.3) is 5.91 Å². The smallest absolute Gasteiger partial charge is 0.370 e. The van der Waals surface area contributed by atoms with Crippen molar-refractivity contribution in [1.29, 1.82) is 0 Å². The van der Waals surface area contributed by atoms with Crippen LogP contribution in [0.4, 0.5) is 5.13 Å². The van der Waals surface area contributed by atoms with Crippen molar-refractivity contribution in [2.24, 2.45) is 7.05 Å². The maximum atomic E-state index is 12.2. The van der Waals surface area contributed by atoms with Crippen LogP contribution in [0.1, 0.15) is 16.1 Å². The van der Waals surface area contributed by atoms with Gasteiger partial charge in [0, 0.05) is 7.05 Å². The number of anilines is 1.